The van der Waals surface area contributed by atoms with E-state index in [9.17, 15) is 4.79 Å². The first-order chi connectivity index (χ1) is 9.72. The minimum Gasteiger partial charge on any atom is -0.489 e. The van der Waals surface area contributed by atoms with Gasteiger partial charge in [-0.1, -0.05) is 12.1 Å². The second kappa shape index (κ2) is 7.26. The normalized spacial score (nSPS) is 21.7. The van der Waals surface area contributed by atoms with Gasteiger partial charge in [0.25, 0.3) is 0 Å². The van der Waals surface area contributed by atoms with Crippen LogP contribution in [0.4, 0.5) is 0 Å². The van der Waals surface area contributed by atoms with Crippen molar-refractivity contribution >= 4 is 5.97 Å². The van der Waals surface area contributed by atoms with Gasteiger partial charge in [0.1, 0.15) is 17.9 Å². The number of methoxy groups -OCH3 is 2. The predicted octanol–water partition coefficient (Wildman–Crippen LogP) is 1.16. The molecule has 0 radical (unpaired) electrons. The van der Waals surface area contributed by atoms with E-state index in [0.717, 1.165) is 12.2 Å². The monoisotopic (exact) mass is 279 g/mol. The van der Waals surface area contributed by atoms with Gasteiger partial charge in [-0.25, -0.2) is 0 Å². The number of carbonyl (C=O) groups is 1. The van der Waals surface area contributed by atoms with Gasteiger partial charge in [0.05, 0.1) is 13.7 Å². The zero-order valence-corrected chi connectivity index (χ0v) is 11.9. The number of esters is 1. The molecule has 0 saturated carbocycles. The Balaban J connectivity index is 1.83. The number of ether oxygens (including phenoxy) is 3. The van der Waals surface area contributed by atoms with Crippen LogP contribution in [0.2, 0.25) is 0 Å². The molecule has 5 heteroatoms. The van der Waals surface area contributed by atoms with E-state index in [2.05, 4.69) is 5.32 Å². The fourth-order valence-electron chi connectivity index (χ4n) is 2.26. The molecule has 1 saturated heterocycles. The molecule has 1 aliphatic rings. The lowest BCUT2D eigenvalue weighted by Gasteiger charge is -2.13. The summed E-state index contributed by atoms with van der Waals surface area (Å²) in [6.07, 6.45) is 1.54. The van der Waals surface area contributed by atoms with E-state index in [4.69, 9.17) is 14.2 Å². The highest BCUT2D eigenvalue weighted by atomic mass is 16.5. The van der Waals surface area contributed by atoms with E-state index in [-0.39, 0.29) is 18.1 Å². The van der Waals surface area contributed by atoms with Crippen LogP contribution in [-0.4, -0.2) is 45.5 Å². The molecular formula is C15H21NO4. The number of hydrogen-bond acceptors (Lipinski definition) is 5. The van der Waals surface area contributed by atoms with Gasteiger partial charge < -0.3 is 19.5 Å². The molecule has 5 nitrogen and oxygen atoms in total. The van der Waals surface area contributed by atoms with Gasteiger partial charge in [0.15, 0.2) is 0 Å². The average molecular weight is 279 g/mol. The molecule has 0 aliphatic carbocycles. The Morgan fingerprint density at radius 3 is 2.70 bits per heavy atom. The van der Waals surface area contributed by atoms with Gasteiger partial charge in [-0.3, -0.25) is 4.79 Å². The molecular weight excluding hydrogens is 258 g/mol. The van der Waals surface area contributed by atoms with E-state index < -0.39 is 0 Å². The third-order valence-electron chi connectivity index (χ3n) is 3.40. The number of carbonyl (C=O) groups excluding carboxylic acids is 1. The van der Waals surface area contributed by atoms with Crippen molar-refractivity contribution in [3.05, 3.63) is 29.8 Å². The third kappa shape index (κ3) is 3.95. The van der Waals surface area contributed by atoms with Gasteiger partial charge in [-0.15, -0.1) is 0 Å². The molecule has 0 bridgehead atoms. The van der Waals surface area contributed by atoms with Crippen molar-refractivity contribution in [2.45, 2.75) is 25.0 Å². The maximum Gasteiger partial charge on any atom is 0.323 e. The summed E-state index contributed by atoms with van der Waals surface area (Å²) in [5.74, 6) is 0.592. The zero-order chi connectivity index (χ0) is 14.4. The van der Waals surface area contributed by atoms with Crippen LogP contribution in [0.1, 0.15) is 12.0 Å². The zero-order valence-electron chi connectivity index (χ0n) is 11.9. The van der Waals surface area contributed by atoms with Crippen LogP contribution in [0.25, 0.3) is 0 Å². The van der Waals surface area contributed by atoms with Crippen LogP contribution in [-0.2, 0) is 20.7 Å². The van der Waals surface area contributed by atoms with Crippen LogP contribution < -0.4 is 10.1 Å². The molecule has 1 aromatic carbocycles. The van der Waals surface area contributed by atoms with Crippen LogP contribution in [0, 0.1) is 0 Å². The molecule has 20 heavy (non-hydrogen) atoms. The number of nitrogens with one attached hydrogen (secondary N) is 1. The third-order valence-corrected chi connectivity index (χ3v) is 3.40. The summed E-state index contributed by atoms with van der Waals surface area (Å²) in [5.41, 5.74) is 1.22. The molecule has 110 valence electrons. The predicted molar refractivity (Wildman–Crippen MR) is 74.9 cm³/mol. The maximum absolute atomic E-state index is 11.4. The summed E-state index contributed by atoms with van der Waals surface area (Å²) in [7, 11) is 3.10. The minimum atomic E-state index is -0.258. The second-order valence-corrected chi connectivity index (χ2v) is 4.85. The highest BCUT2D eigenvalue weighted by Crippen LogP contribution is 2.18. The Morgan fingerprint density at radius 2 is 2.05 bits per heavy atom. The fourth-order valence-corrected chi connectivity index (χ4v) is 2.26. The highest BCUT2D eigenvalue weighted by molar-refractivity contribution is 5.76. The first-order valence-electron chi connectivity index (χ1n) is 6.78. The molecule has 1 heterocycles. The smallest absolute Gasteiger partial charge is 0.323 e. The van der Waals surface area contributed by atoms with Gasteiger partial charge in [0.2, 0.25) is 0 Å². The fraction of sp³-hybridized carbons (Fsp3) is 0.533. The lowest BCUT2D eigenvalue weighted by atomic mass is 10.1. The first-order valence-corrected chi connectivity index (χ1v) is 6.78. The van der Waals surface area contributed by atoms with E-state index in [1.54, 1.807) is 7.11 Å². The minimum absolute atomic E-state index is 0.00363. The molecule has 0 aromatic heterocycles. The van der Waals surface area contributed by atoms with Crippen molar-refractivity contribution in [3.63, 3.8) is 0 Å². The Labute approximate surface area is 119 Å². The maximum atomic E-state index is 11.4. The van der Waals surface area contributed by atoms with Gasteiger partial charge in [-0.05, 0) is 24.1 Å². The lowest BCUT2D eigenvalue weighted by molar-refractivity contribution is -0.142. The number of rotatable bonds is 6. The summed E-state index contributed by atoms with van der Waals surface area (Å²) < 4.78 is 15.6. The molecule has 1 N–H and O–H groups in total. The van der Waals surface area contributed by atoms with Crippen LogP contribution in [0.5, 0.6) is 5.75 Å². The van der Waals surface area contributed by atoms with Crippen molar-refractivity contribution in [2.75, 3.05) is 27.4 Å². The molecule has 1 fully saturated rings. The molecule has 2 atom stereocenters. The molecule has 2 rings (SSSR count). The van der Waals surface area contributed by atoms with Gasteiger partial charge >= 0.3 is 5.97 Å². The van der Waals surface area contributed by atoms with Crippen molar-refractivity contribution in [1.29, 1.82) is 0 Å². The lowest BCUT2D eigenvalue weighted by Crippen LogP contribution is -2.31. The second-order valence-electron chi connectivity index (χ2n) is 4.85. The highest BCUT2D eigenvalue weighted by Gasteiger charge is 2.31. The van der Waals surface area contributed by atoms with E-state index in [0.29, 0.717) is 19.6 Å². The molecule has 0 unspecified atom stereocenters. The largest absolute Gasteiger partial charge is 0.489 e. The number of benzene rings is 1. The van der Waals surface area contributed by atoms with E-state index in [1.165, 1.54) is 12.7 Å². The van der Waals surface area contributed by atoms with Crippen LogP contribution >= 0.6 is 0 Å². The Hall–Kier alpha value is -1.59. The van der Waals surface area contributed by atoms with Gasteiger partial charge in [0, 0.05) is 20.1 Å². The van der Waals surface area contributed by atoms with Crippen molar-refractivity contribution < 1.29 is 19.0 Å². The summed E-state index contributed by atoms with van der Waals surface area (Å²) >= 11 is 0. The van der Waals surface area contributed by atoms with Crippen molar-refractivity contribution in [1.82, 2.24) is 5.32 Å². The average Bonchev–Trinajstić information content (AvgIpc) is 2.94. The molecule has 0 amide bonds. The first kappa shape index (κ1) is 14.8. The summed E-state index contributed by atoms with van der Waals surface area (Å²) in [5, 5.41) is 3.10. The van der Waals surface area contributed by atoms with E-state index in [1.807, 2.05) is 24.3 Å². The topological polar surface area (TPSA) is 56.8 Å². The molecule has 1 aromatic rings. The summed E-state index contributed by atoms with van der Waals surface area (Å²) in [6, 6.07) is 7.72. The number of hydrogen-bond donors (Lipinski definition) is 1. The summed E-state index contributed by atoms with van der Waals surface area (Å²) in [6.45, 7) is 1.37. The Bertz CT molecular complexity index is 432. The molecule has 1 aliphatic heterocycles. The quantitative estimate of drug-likeness (QED) is 0.792. The Morgan fingerprint density at radius 1 is 1.30 bits per heavy atom. The van der Waals surface area contributed by atoms with Crippen LogP contribution in [0.15, 0.2) is 24.3 Å². The van der Waals surface area contributed by atoms with Gasteiger partial charge in [-0.2, -0.15) is 0 Å². The van der Waals surface area contributed by atoms with Crippen molar-refractivity contribution in [3.8, 4) is 5.75 Å². The van der Waals surface area contributed by atoms with Crippen LogP contribution in [0.3, 0.4) is 0 Å². The SMILES string of the molecule is COCCc1ccc(O[C@H]2CN[C@@H](C(=O)OC)C2)cc1. The van der Waals surface area contributed by atoms with Crippen molar-refractivity contribution in [2.24, 2.45) is 0 Å². The molecule has 0 spiro atoms. The van der Waals surface area contributed by atoms with E-state index >= 15 is 0 Å². The Kier molecular flexibility index (Phi) is 5.38. The summed E-state index contributed by atoms with van der Waals surface area (Å²) in [4.78, 5) is 11.4. The standard InChI is InChI=1S/C15H21NO4/c1-18-8-7-11-3-5-12(6-4-11)20-13-9-14(16-10-13)15(17)19-2/h3-6,13-14,16H,7-10H2,1-2H3/t13-,14-/m1/s1.